The minimum absolute atomic E-state index is 0.0593. The highest BCUT2D eigenvalue weighted by Gasteiger charge is 2.19. The van der Waals surface area contributed by atoms with Gasteiger partial charge < -0.3 is 10.2 Å². The van der Waals surface area contributed by atoms with Gasteiger partial charge in [-0.15, -0.1) is 0 Å². The summed E-state index contributed by atoms with van der Waals surface area (Å²) in [7, 11) is 0. The lowest BCUT2D eigenvalue weighted by Gasteiger charge is -2.26. The largest absolute Gasteiger partial charge is 0.337 e. The number of nitrogens with one attached hydrogen (secondary N) is 1. The predicted octanol–water partition coefficient (Wildman–Crippen LogP) is 3.14. The summed E-state index contributed by atoms with van der Waals surface area (Å²) >= 11 is 1.88. The van der Waals surface area contributed by atoms with E-state index in [1.807, 2.05) is 36.6 Å². The number of carbonyl (C=O) groups is 2. The number of benzene rings is 1. The number of hydrogen-bond acceptors (Lipinski definition) is 4. The fourth-order valence-corrected chi connectivity index (χ4v) is 3.59. The Hall–Kier alpha value is -2.34. The number of aromatic nitrogens is 1. The van der Waals surface area contributed by atoms with Gasteiger partial charge in [-0.2, -0.15) is 11.8 Å². The van der Waals surface area contributed by atoms with Gasteiger partial charge in [-0.1, -0.05) is 0 Å². The maximum Gasteiger partial charge on any atom is 0.257 e. The molecular formula is C19H21N3O2S. The molecule has 1 N–H and O–H groups in total. The molecule has 1 aromatic carbocycles. The molecule has 0 spiro atoms. The Morgan fingerprint density at radius 3 is 2.44 bits per heavy atom. The van der Waals surface area contributed by atoms with Crippen LogP contribution >= 0.6 is 11.8 Å². The fourth-order valence-electron chi connectivity index (χ4n) is 2.68. The molecule has 130 valence electrons. The molecule has 2 heterocycles. The number of anilines is 1. The van der Waals surface area contributed by atoms with E-state index in [1.165, 1.54) is 0 Å². The Balaban J connectivity index is 1.72. The number of nitrogens with zero attached hydrogens (tertiary/aromatic N) is 2. The van der Waals surface area contributed by atoms with Crippen molar-refractivity contribution in [3.05, 3.63) is 58.9 Å². The van der Waals surface area contributed by atoms with Gasteiger partial charge in [0.2, 0.25) is 0 Å². The van der Waals surface area contributed by atoms with Crippen molar-refractivity contribution in [1.82, 2.24) is 9.88 Å². The van der Waals surface area contributed by atoms with Crippen LogP contribution in [0.1, 0.15) is 32.0 Å². The number of rotatable bonds is 3. The Labute approximate surface area is 151 Å². The standard InChI is InChI=1S/C19H21N3O2S/c1-13-11-15(19(24)22-7-9-25-10-8-22)5-6-17(13)21-18(23)16-4-3-14(2)20-12-16/h3-6,11-12H,7-10H2,1-2H3,(H,21,23). The highest BCUT2D eigenvalue weighted by molar-refractivity contribution is 7.99. The summed E-state index contributed by atoms with van der Waals surface area (Å²) in [5.41, 5.74) is 3.61. The van der Waals surface area contributed by atoms with Crippen molar-refractivity contribution in [2.24, 2.45) is 0 Å². The third kappa shape index (κ3) is 4.20. The topological polar surface area (TPSA) is 62.3 Å². The van der Waals surface area contributed by atoms with Gasteiger partial charge in [-0.25, -0.2) is 0 Å². The molecule has 0 unspecified atom stereocenters. The first kappa shape index (κ1) is 17.5. The van der Waals surface area contributed by atoms with Crippen LogP contribution in [0.4, 0.5) is 5.69 Å². The summed E-state index contributed by atoms with van der Waals surface area (Å²) in [6.07, 6.45) is 1.56. The number of aryl methyl sites for hydroxylation is 2. The SMILES string of the molecule is Cc1ccc(C(=O)Nc2ccc(C(=O)N3CCSCC3)cc2C)cn1. The lowest BCUT2D eigenvalue weighted by molar-refractivity contribution is 0.0772. The lowest BCUT2D eigenvalue weighted by Crippen LogP contribution is -2.37. The molecule has 0 saturated carbocycles. The van der Waals surface area contributed by atoms with Crippen molar-refractivity contribution in [3.63, 3.8) is 0 Å². The summed E-state index contributed by atoms with van der Waals surface area (Å²) in [4.78, 5) is 30.9. The van der Waals surface area contributed by atoms with E-state index in [-0.39, 0.29) is 11.8 Å². The molecule has 0 bridgehead atoms. The second kappa shape index (κ2) is 7.70. The van der Waals surface area contributed by atoms with Crippen molar-refractivity contribution in [2.45, 2.75) is 13.8 Å². The summed E-state index contributed by atoms with van der Waals surface area (Å²) < 4.78 is 0. The molecule has 0 aliphatic carbocycles. The minimum atomic E-state index is -0.206. The van der Waals surface area contributed by atoms with Crippen LogP contribution in [0, 0.1) is 13.8 Å². The van der Waals surface area contributed by atoms with Gasteiger partial charge in [-0.05, 0) is 49.7 Å². The zero-order valence-corrected chi connectivity index (χ0v) is 15.2. The van der Waals surface area contributed by atoms with Gasteiger partial charge in [0, 0.05) is 47.7 Å². The van der Waals surface area contributed by atoms with Gasteiger partial charge in [0.1, 0.15) is 0 Å². The van der Waals surface area contributed by atoms with Crippen LogP contribution in [0.15, 0.2) is 36.5 Å². The second-order valence-electron chi connectivity index (χ2n) is 6.08. The van der Waals surface area contributed by atoms with E-state index in [1.54, 1.807) is 30.5 Å². The van der Waals surface area contributed by atoms with Crippen LogP contribution in [0.3, 0.4) is 0 Å². The van der Waals surface area contributed by atoms with Gasteiger partial charge >= 0.3 is 0 Å². The first-order valence-corrected chi connectivity index (χ1v) is 9.42. The summed E-state index contributed by atoms with van der Waals surface area (Å²) in [5, 5.41) is 2.88. The molecule has 1 fully saturated rings. The van der Waals surface area contributed by atoms with E-state index in [4.69, 9.17) is 0 Å². The highest BCUT2D eigenvalue weighted by atomic mass is 32.2. The van der Waals surface area contributed by atoms with Crippen LogP contribution in [0.5, 0.6) is 0 Å². The van der Waals surface area contributed by atoms with E-state index >= 15 is 0 Å². The maximum atomic E-state index is 12.6. The van der Waals surface area contributed by atoms with Crippen molar-refractivity contribution in [2.75, 3.05) is 29.9 Å². The number of thioether (sulfide) groups is 1. The van der Waals surface area contributed by atoms with Gasteiger partial charge in [-0.3, -0.25) is 14.6 Å². The Morgan fingerprint density at radius 1 is 1.08 bits per heavy atom. The molecule has 1 saturated heterocycles. The molecule has 0 radical (unpaired) electrons. The molecule has 25 heavy (non-hydrogen) atoms. The van der Waals surface area contributed by atoms with Crippen LogP contribution in [0.2, 0.25) is 0 Å². The number of carbonyl (C=O) groups excluding carboxylic acids is 2. The zero-order valence-electron chi connectivity index (χ0n) is 14.4. The van der Waals surface area contributed by atoms with Crippen molar-refractivity contribution < 1.29 is 9.59 Å². The first-order valence-electron chi connectivity index (χ1n) is 8.26. The third-order valence-electron chi connectivity index (χ3n) is 4.19. The molecule has 2 amide bonds. The highest BCUT2D eigenvalue weighted by Crippen LogP contribution is 2.20. The molecule has 0 atom stereocenters. The molecule has 2 aromatic rings. The summed E-state index contributed by atoms with van der Waals surface area (Å²) in [6, 6.07) is 8.97. The van der Waals surface area contributed by atoms with Gasteiger partial charge in [0.05, 0.1) is 5.56 Å². The molecule has 3 rings (SSSR count). The van der Waals surface area contributed by atoms with E-state index in [9.17, 15) is 9.59 Å². The summed E-state index contributed by atoms with van der Waals surface area (Å²) in [6.45, 7) is 5.36. The van der Waals surface area contributed by atoms with Crippen molar-refractivity contribution in [3.8, 4) is 0 Å². The Kier molecular flexibility index (Phi) is 5.38. The van der Waals surface area contributed by atoms with E-state index in [0.717, 1.165) is 35.9 Å². The Bertz CT molecular complexity index is 784. The van der Waals surface area contributed by atoms with E-state index < -0.39 is 0 Å². The second-order valence-corrected chi connectivity index (χ2v) is 7.30. The van der Waals surface area contributed by atoms with E-state index in [2.05, 4.69) is 10.3 Å². The van der Waals surface area contributed by atoms with Gasteiger partial charge in [0.15, 0.2) is 0 Å². The minimum Gasteiger partial charge on any atom is -0.337 e. The Morgan fingerprint density at radius 2 is 1.80 bits per heavy atom. The van der Waals surface area contributed by atoms with Crippen molar-refractivity contribution >= 4 is 29.3 Å². The molecule has 1 aromatic heterocycles. The molecular weight excluding hydrogens is 334 g/mol. The quantitative estimate of drug-likeness (QED) is 0.919. The predicted molar refractivity (Wildman–Crippen MR) is 101 cm³/mol. The van der Waals surface area contributed by atoms with E-state index in [0.29, 0.717) is 16.8 Å². The van der Waals surface area contributed by atoms with Gasteiger partial charge in [0.25, 0.3) is 11.8 Å². The third-order valence-corrected chi connectivity index (χ3v) is 5.14. The van der Waals surface area contributed by atoms with Crippen LogP contribution in [-0.4, -0.2) is 46.3 Å². The molecule has 1 aliphatic heterocycles. The zero-order chi connectivity index (χ0) is 17.8. The van der Waals surface area contributed by atoms with Crippen LogP contribution in [-0.2, 0) is 0 Å². The maximum absolute atomic E-state index is 12.6. The average Bonchev–Trinajstić information content (AvgIpc) is 2.64. The lowest BCUT2D eigenvalue weighted by atomic mass is 10.1. The molecule has 5 nitrogen and oxygen atoms in total. The number of pyridine rings is 1. The summed E-state index contributed by atoms with van der Waals surface area (Å²) in [5.74, 6) is 1.83. The average molecular weight is 355 g/mol. The molecule has 6 heteroatoms. The molecule has 1 aliphatic rings. The van der Waals surface area contributed by atoms with Crippen molar-refractivity contribution in [1.29, 1.82) is 0 Å². The monoisotopic (exact) mass is 355 g/mol. The number of amides is 2. The first-order chi connectivity index (χ1) is 12.0. The number of hydrogen-bond donors (Lipinski definition) is 1. The fraction of sp³-hybridized carbons (Fsp3) is 0.316. The smallest absolute Gasteiger partial charge is 0.257 e. The normalized spacial score (nSPS) is 14.2. The van der Waals surface area contributed by atoms with Crippen LogP contribution in [0.25, 0.3) is 0 Å². The van der Waals surface area contributed by atoms with Crippen LogP contribution < -0.4 is 5.32 Å².